The van der Waals surface area contributed by atoms with E-state index < -0.39 is 5.60 Å². The van der Waals surface area contributed by atoms with Gasteiger partial charge in [0.05, 0.1) is 12.2 Å². The van der Waals surface area contributed by atoms with Crippen LogP contribution in [0.5, 0.6) is 0 Å². The van der Waals surface area contributed by atoms with Crippen LogP contribution in [-0.4, -0.2) is 30.8 Å². The molecule has 73 valence electrons. The van der Waals surface area contributed by atoms with Crippen LogP contribution < -0.4 is 0 Å². The molecular formula is C10H18BO2. The molecule has 3 rings (SSSR count). The van der Waals surface area contributed by atoms with E-state index in [0.717, 1.165) is 25.2 Å². The highest BCUT2D eigenvalue weighted by molar-refractivity contribution is 5.75. The smallest absolute Gasteiger partial charge is 0.0910 e. The highest BCUT2D eigenvalue weighted by Crippen LogP contribution is 2.62. The van der Waals surface area contributed by atoms with Gasteiger partial charge in [0.15, 0.2) is 0 Å². The Hall–Kier alpha value is -0.0151. The van der Waals surface area contributed by atoms with Gasteiger partial charge in [0.2, 0.25) is 0 Å². The van der Waals surface area contributed by atoms with Gasteiger partial charge in [-0.25, -0.2) is 0 Å². The van der Waals surface area contributed by atoms with Gasteiger partial charge in [-0.05, 0) is 36.5 Å². The van der Waals surface area contributed by atoms with E-state index in [1.54, 1.807) is 0 Å². The fourth-order valence-corrected chi connectivity index (χ4v) is 3.21. The molecule has 3 saturated carbocycles. The highest BCUT2D eigenvalue weighted by atomic mass is 16.3. The second-order valence-corrected chi connectivity index (χ2v) is 5.11. The van der Waals surface area contributed by atoms with E-state index in [9.17, 15) is 5.11 Å². The minimum absolute atomic E-state index is 0. The highest BCUT2D eigenvalue weighted by Gasteiger charge is 2.60. The summed E-state index contributed by atoms with van der Waals surface area (Å²) < 4.78 is 0. The molecule has 13 heavy (non-hydrogen) atoms. The van der Waals surface area contributed by atoms with E-state index in [4.69, 9.17) is 5.11 Å². The van der Waals surface area contributed by atoms with Crippen LogP contribution in [0.15, 0.2) is 0 Å². The first-order valence-corrected chi connectivity index (χ1v) is 4.84. The standard InChI is InChI=1S/C10H18O2.B/c1-9(2)7-3-4-10(12,6-11)8(9)5-7;/h7-8,11-12H,3-6H2,1-2H3;. The number of aliphatic hydroxyl groups is 2. The molecule has 2 N–H and O–H groups in total. The number of fused-ring (bicyclic) bond motifs is 2. The first-order chi connectivity index (χ1) is 5.50. The Kier molecular flexibility index (Phi) is 2.55. The third-order valence-corrected chi connectivity index (χ3v) is 4.32. The average molecular weight is 181 g/mol. The predicted octanol–water partition coefficient (Wildman–Crippen LogP) is 0.785. The predicted molar refractivity (Wildman–Crippen MR) is 52.4 cm³/mol. The Morgan fingerprint density at radius 3 is 2.31 bits per heavy atom. The maximum atomic E-state index is 10.1. The molecule has 0 aromatic carbocycles. The summed E-state index contributed by atoms with van der Waals surface area (Å²) in [6.45, 7) is 4.37. The summed E-state index contributed by atoms with van der Waals surface area (Å²) in [7, 11) is 0. The number of aliphatic hydroxyl groups excluding tert-OH is 1. The monoisotopic (exact) mass is 181 g/mol. The van der Waals surface area contributed by atoms with Gasteiger partial charge in [0.25, 0.3) is 0 Å². The molecule has 0 amide bonds. The summed E-state index contributed by atoms with van der Waals surface area (Å²) >= 11 is 0. The van der Waals surface area contributed by atoms with E-state index in [-0.39, 0.29) is 20.4 Å². The topological polar surface area (TPSA) is 40.5 Å². The lowest BCUT2D eigenvalue weighted by Gasteiger charge is -2.63. The Bertz CT molecular complexity index is 203. The number of hydrogen-bond acceptors (Lipinski definition) is 2. The third-order valence-electron chi connectivity index (χ3n) is 4.32. The fourth-order valence-electron chi connectivity index (χ4n) is 3.21. The molecule has 0 heterocycles. The average Bonchev–Trinajstić information content (AvgIpc) is 2.04. The summed E-state index contributed by atoms with van der Waals surface area (Å²) in [6, 6.07) is 0. The lowest BCUT2D eigenvalue weighted by molar-refractivity contribution is -0.215. The van der Waals surface area contributed by atoms with E-state index in [0.29, 0.717) is 5.92 Å². The van der Waals surface area contributed by atoms with Crippen LogP contribution in [0.25, 0.3) is 0 Å². The van der Waals surface area contributed by atoms with Crippen molar-refractivity contribution in [2.24, 2.45) is 17.3 Å². The zero-order chi connectivity index (χ0) is 8.98. The summed E-state index contributed by atoms with van der Waals surface area (Å²) in [6.07, 6.45) is 2.99. The number of rotatable bonds is 1. The van der Waals surface area contributed by atoms with E-state index in [2.05, 4.69) is 13.8 Å². The fraction of sp³-hybridized carbons (Fsp3) is 1.00. The van der Waals surface area contributed by atoms with Crippen molar-refractivity contribution in [3.63, 3.8) is 0 Å². The minimum atomic E-state index is -0.766. The molecule has 3 radical (unpaired) electrons. The van der Waals surface area contributed by atoms with Gasteiger partial charge in [-0.1, -0.05) is 13.8 Å². The SMILES string of the molecule is CC1(C)C2CCC(O)(CO)C1C2.[B]. The van der Waals surface area contributed by atoms with Gasteiger partial charge in [-0.3, -0.25) is 0 Å². The van der Waals surface area contributed by atoms with Gasteiger partial charge < -0.3 is 10.2 Å². The molecule has 3 aliphatic rings. The summed E-state index contributed by atoms with van der Waals surface area (Å²) in [4.78, 5) is 0. The largest absolute Gasteiger partial charge is 0.393 e. The molecule has 2 bridgehead atoms. The van der Waals surface area contributed by atoms with Crippen molar-refractivity contribution in [1.82, 2.24) is 0 Å². The third kappa shape index (κ3) is 1.24. The van der Waals surface area contributed by atoms with Crippen molar-refractivity contribution in [2.45, 2.75) is 38.7 Å². The van der Waals surface area contributed by atoms with Crippen molar-refractivity contribution in [2.75, 3.05) is 6.61 Å². The second kappa shape index (κ2) is 2.99. The molecule has 0 aliphatic heterocycles. The summed E-state index contributed by atoms with van der Waals surface area (Å²) in [5, 5.41) is 19.2. The van der Waals surface area contributed by atoms with Gasteiger partial charge in [0.1, 0.15) is 0 Å². The van der Waals surface area contributed by atoms with Gasteiger partial charge in [-0.2, -0.15) is 0 Å². The van der Waals surface area contributed by atoms with Crippen LogP contribution in [0.1, 0.15) is 33.1 Å². The Labute approximate surface area is 81.9 Å². The zero-order valence-electron chi connectivity index (χ0n) is 8.45. The van der Waals surface area contributed by atoms with Crippen LogP contribution in [-0.2, 0) is 0 Å². The molecule has 0 spiro atoms. The summed E-state index contributed by atoms with van der Waals surface area (Å²) in [5.74, 6) is 1.11. The molecule has 0 saturated heterocycles. The van der Waals surface area contributed by atoms with Crippen LogP contribution in [0, 0.1) is 17.3 Å². The maximum Gasteiger partial charge on any atom is 0.0910 e. The van der Waals surface area contributed by atoms with Crippen LogP contribution >= 0.6 is 0 Å². The molecule has 3 fully saturated rings. The molecular weight excluding hydrogens is 163 g/mol. The van der Waals surface area contributed by atoms with E-state index in [1.165, 1.54) is 0 Å². The molecule has 0 aromatic rings. The van der Waals surface area contributed by atoms with Gasteiger partial charge in [-0.15, -0.1) is 0 Å². The van der Waals surface area contributed by atoms with Crippen LogP contribution in [0.2, 0.25) is 0 Å². The lowest BCUT2D eigenvalue weighted by Crippen LogP contribution is -2.62. The summed E-state index contributed by atoms with van der Waals surface area (Å²) in [5.41, 5.74) is -0.506. The van der Waals surface area contributed by atoms with E-state index >= 15 is 0 Å². The first-order valence-electron chi connectivity index (χ1n) is 4.84. The van der Waals surface area contributed by atoms with Crippen molar-refractivity contribution < 1.29 is 10.2 Å². The van der Waals surface area contributed by atoms with Gasteiger partial charge in [0, 0.05) is 8.41 Å². The van der Waals surface area contributed by atoms with Crippen LogP contribution in [0.4, 0.5) is 0 Å². The molecule has 3 heteroatoms. The van der Waals surface area contributed by atoms with Crippen LogP contribution in [0.3, 0.4) is 0 Å². The second-order valence-electron chi connectivity index (χ2n) is 5.11. The molecule has 3 atom stereocenters. The quantitative estimate of drug-likeness (QED) is 0.587. The first kappa shape index (κ1) is 11.1. The van der Waals surface area contributed by atoms with Crippen molar-refractivity contribution in [3.8, 4) is 0 Å². The van der Waals surface area contributed by atoms with E-state index in [1.807, 2.05) is 0 Å². The Morgan fingerprint density at radius 2 is 2.00 bits per heavy atom. The molecule has 2 nitrogen and oxygen atoms in total. The molecule has 0 aromatic heterocycles. The Morgan fingerprint density at radius 1 is 1.38 bits per heavy atom. The Balaban J connectivity index is 0.000000845. The molecule has 3 aliphatic carbocycles. The number of hydrogen-bond donors (Lipinski definition) is 2. The zero-order valence-corrected chi connectivity index (χ0v) is 8.45. The van der Waals surface area contributed by atoms with Crippen molar-refractivity contribution >= 4 is 8.41 Å². The lowest BCUT2D eigenvalue weighted by atomic mass is 9.44. The maximum absolute atomic E-state index is 10.1. The molecule has 3 unspecified atom stereocenters. The minimum Gasteiger partial charge on any atom is -0.393 e. The normalized spacial score (nSPS) is 46.2. The van der Waals surface area contributed by atoms with Gasteiger partial charge >= 0.3 is 0 Å². The van der Waals surface area contributed by atoms with Crippen molar-refractivity contribution in [3.05, 3.63) is 0 Å². The van der Waals surface area contributed by atoms with Crippen molar-refractivity contribution in [1.29, 1.82) is 0 Å².